The summed E-state index contributed by atoms with van der Waals surface area (Å²) in [5.41, 5.74) is 5.87. The highest BCUT2D eigenvalue weighted by molar-refractivity contribution is 6.02. The summed E-state index contributed by atoms with van der Waals surface area (Å²) in [5.74, 6) is 0.863. The number of benzene rings is 2. The molecule has 1 N–H and O–H groups in total. The quantitative estimate of drug-likeness (QED) is 0.916. The molecule has 126 valence electrons. The second-order valence-electron chi connectivity index (χ2n) is 6.19. The van der Waals surface area contributed by atoms with Crippen molar-refractivity contribution in [3.05, 3.63) is 64.7 Å². The van der Waals surface area contributed by atoms with E-state index in [9.17, 15) is 5.11 Å². The maximum atomic E-state index is 9.41. The van der Waals surface area contributed by atoms with Crippen LogP contribution in [-0.4, -0.2) is 36.1 Å². The Morgan fingerprint density at radius 2 is 1.96 bits per heavy atom. The summed E-state index contributed by atoms with van der Waals surface area (Å²) < 4.78 is 5.52. The lowest BCUT2D eigenvalue weighted by molar-refractivity contribution is 0.170. The van der Waals surface area contributed by atoms with E-state index < -0.39 is 0 Å². The zero-order chi connectivity index (χ0) is 17.1. The molecule has 0 aromatic heterocycles. The number of methoxy groups -OCH3 is 1. The van der Waals surface area contributed by atoms with E-state index in [2.05, 4.69) is 38.1 Å². The molecule has 0 saturated heterocycles. The van der Waals surface area contributed by atoms with Crippen molar-refractivity contribution in [1.29, 1.82) is 0 Å². The molecule has 2 aromatic carbocycles. The minimum Gasteiger partial charge on any atom is -0.496 e. The first kappa shape index (κ1) is 16.5. The van der Waals surface area contributed by atoms with Crippen molar-refractivity contribution >= 4 is 5.71 Å². The van der Waals surface area contributed by atoms with Crippen LogP contribution in [0.2, 0.25) is 0 Å². The Labute approximate surface area is 143 Å². The standard InChI is InChI=1S/C20H24N2O2/c1-14-8-9-16(12-15(14)2)18-13-19(22(21-18)10-11-23)17-6-4-5-7-20(17)24-3/h4-9,12,19,23H,10-11,13H2,1-3H3. The Kier molecular flexibility index (Phi) is 4.86. The van der Waals surface area contributed by atoms with Crippen molar-refractivity contribution in [3.63, 3.8) is 0 Å². The van der Waals surface area contributed by atoms with Gasteiger partial charge in [0.2, 0.25) is 0 Å². The maximum Gasteiger partial charge on any atom is 0.124 e. The van der Waals surface area contributed by atoms with Crippen LogP contribution < -0.4 is 4.74 Å². The normalized spacial score (nSPS) is 17.1. The molecule has 0 bridgehead atoms. The van der Waals surface area contributed by atoms with Gasteiger partial charge in [-0.25, -0.2) is 0 Å². The molecule has 0 spiro atoms. The van der Waals surface area contributed by atoms with Gasteiger partial charge in [-0.05, 0) is 42.7 Å². The van der Waals surface area contributed by atoms with E-state index in [-0.39, 0.29) is 12.6 Å². The number of hydrazone groups is 1. The first-order valence-corrected chi connectivity index (χ1v) is 8.29. The van der Waals surface area contributed by atoms with Crippen molar-refractivity contribution in [2.45, 2.75) is 26.3 Å². The van der Waals surface area contributed by atoms with Crippen LogP contribution in [0.25, 0.3) is 0 Å². The van der Waals surface area contributed by atoms with Crippen molar-refractivity contribution in [3.8, 4) is 5.75 Å². The first-order valence-electron chi connectivity index (χ1n) is 8.29. The Balaban J connectivity index is 1.94. The largest absolute Gasteiger partial charge is 0.496 e. The molecule has 0 fully saturated rings. The van der Waals surface area contributed by atoms with Gasteiger partial charge in [0, 0.05) is 12.0 Å². The van der Waals surface area contributed by atoms with Crippen LogP contribution in [0.4, 0.5) is 0 Å². The number of nitrogens with zero attached hydrogens (tertiary/aromatic N) is 2. The predicted octanol–water partition coefficient (Wildman–Crippen LogP) is 3.46. The summed E-state index contributed by atoms with van der Waals surface area (Å²) in [5, 5.41) is 16.2. The number of rotatable bonds is 5. The molecule has 0 radical (unpaired) electrons. The number of ether oxygens (including phenoxy) is 1. The van der Waals surface area contributed by atoms with Crippen molar-refractivity contribution in [2.75, 3.05) is 20.3 Å². The van der Waals surface area contributed by atoms with Gasteiger partial charge >= 0.3 is 0 Å². The summed E-state index contributed by atoms with van der Waals surface area (Å²) in [4.78, 5) is 0. The first-order chi connectivity index (χ1) is 11.6. The van der Waals surface area contributed by atoms with Crippen LogP contribution in [-0.2, 0) is 0 Å². The SMILES string of the molecule is COc1ccccc1C1CC(c2ccc(C)c(C)c2)=NN1CCO. The summed E-state index contributed by atoms with van der Waals surface area (Å²) >= 11 is 0. The van der Waals surface area contributed by atoms with E-state index in [0.717, 1.165) is 29.0 Å². The number of β-amino-alcohol motifs (C(OH)–C–C–N with tert-alkyl or cyclic N) is 1. The van der Waals surface area contributed by atoms with Gasteiger partial charge in [-0.1, -0.05) is 30.3 Å². The van der Waals surface area contributed by atoms with Gasteiger partial charge in [0.05, 0.1) is 32.0 Å². The third-order valence-electron chi connectivity index (χ3n) is 4.66. The second-order valence-corrected chi connectivity index (χ2v) is 6.19. The molecule has 1 aliphatic rings. The fourth-order valence-electron chi connectivity index (χ4n) is 3.17. The minimum atomic E-state index is 0.0787. The molecular weight excluding hydrogens is 300 g/mol. The molecule has 1 aliphatic heterocycles. The minimum absolute atomic E-state index is 0.0787. The molecule has 1 heterocycles. The lowest BCUT2D eigenvalue weighted by Gasteiger charge is -2.24. The van der Waals surface area contributed by atoms with E-state index in [4.69, 9.17) is 9.84 Å². The highest BCUT2D eigenvalue weighted by Gasteiger charge is 2.30. The summed E-state index contributed by atoms with van der Waals surface area (Å²) in [6.07, 6.45) is 0.808. The lowest BCUT2D eigenvalue weighted by atomic mass is 9.96. The molecule has 1 unspecified atom stereocenters. The average molecular weight is 324 g/mol. The highest BCUT2D eigenvalue weighted by Crippen LogP contribution is 2.37. The van der Waals surface area contributed by atoms with Gasteiger partial charge in [0.1, 0.15) is 5.75 Å². The van der Waals surface area contributed by atoms with Crippen molar-refractivity contribution in [1.82, 2.24) is 5.01 Å². The van der Waals surface area contributed by atoms with Gasteiger partial charge in [0.25, 0.3) is 0 Å². The zero-order valence-electron chi connectivity index (χ0n) is 14.5. The fraction of sp³-hybridized carbons (Fsp3) is 0.350. The summed E-state index contributed by atoms with van der Waals surface area (Å²) in [6.45, 7) is 4.83. The van der Waals surface area contributed by atoms with E-state index in [1.807, 2.05) is 23.2 Å². The number of para-hydroxylation sites is 1. The van der Waals surface area contributed by atoms with Crippen LogP contribution >= 0.6 is 0 Å². The molecule has 24 heavy (non-hydrogen) atoms. The van der Waals surface area contributed by atoms with Gasteiger partial charge < -0.3 is 9.84 Å². The monoisotopic (exact) mass is 324 g/mol. The number of hydrogen-bond acceptors (Lipinski definition) is 4. The Hall–Kier alpha value is -2.33. The highest BCUT2D eigenvalue weighted by atomic mass is 16.5. The van der Waals surface area contributed by atoms with E-state index in [1.54, 1.807) is 7.11 Å². The lowest BCUT2D eigenvalue weighted by Crippen LogP contribution is -2.23. The summed E-state index contributed by atoms with van der Waals surface area (Å²) in [7, 11) is 1.69. The molecule has 4 nitrogen and oxygen atoms in total. The molecule has 4 heteroatoms. The second kappa shape index (κ2) is 7.05. The maximum absolute atomic E-state index is 9.41. The van der Waals surface area contributed by atoms with Crippen LogP contribution in [0.3, 0.4) is 0 Å². The van der Waals surface area contributed by atoms with Crippen LogP contribution in [0, 0.1) is 13.8 Å². The average Bonchev–Trinajstić information content (AvgIpc) is 3.01. The zero-order valence-corrected chi connectivity index (χ0v) is 14.5. The smallest absolute Gasteiger partial charge is 0.124 e. The van der Waals surface area contributed by atoms with Gasteiger partial charge in [0.15, 0.2) is 0 Å². The topological polar surface area (TPSA) is 45.1 Å². The number of aryl methyl sites for hydroxylation is 2. The van der Waals surface area contributed by atoms with Crippen molar-refractivity contribution in [2.24, 2.45) is 5.10 Å². The predicted molar refractivity (Wildman–Crippen MR) is 96.6 cm³/mol. The molecule has 0 saturated carbocycles. The van der Waals surface area contributed by atoms with E-state index in [1.165, 1.54) is 11.1 Å². The molecule has 3 rings (SSSR count). The molecule has 0 amide bonds. The van der Waals surface area contributed by atoms with Gasteiger partial charge in [-0.15, -0.1) is 0 Å². The van der Waals surface area contributed by atoms with Crippen LogP contribution in [0.5, 0.6) is 5.75 Å². The Bertz CT molecular complexity index is 755. The number of aliphatic hydroxyl groups excluding tert-OH is 1. The van der Waals surface area contributed by atoms with Crippen LogP contribution in [0.1, 0.15) is 34.7 Å². The van der Waals surface area contributed by atoms with Gasteiger partial charge in [-0.2, -0.15) is 5.10 Å². The number of hydrogen-bond donors (Lipinski definition) is 1. The van der Waals surface area contributed by atoms with Crippen LogP contribution in [0.15, 0.2) is 47.6 Å². The van der Waals surface area contributed by atoms with E-state index in [0.29, 0.717) is 6.54 Å². The molecule has 1 atom stereocenters. The number of aliphatic hydroxyl groups is 1. The third kappa shape index (κ3) is 3.15. The molecule has 0 aliphatic carbocycles. The summed E-state index contributed by atoms with van der Waals surface area (Å²) in [6, 6.07) is 14.6. The molecular formula is C20H24N2O2. The van der Waals surface area contributed by atoms with E-state index >= 15 is 0 Å². The molecule has 2 aromatic rings. The fourth-order valence-corrected chi connectivity index (χ4v) is 3.17. The van der Waals surface area contributed by atoms with Crippen molar-refractivity contribution < 1.29 is 9.84 Å². The van der Waals surface area contributed by atoms with Gasteiger partial charge in [-0.3, -0.25) is 5.01 Å². The Morgan fingerprint density at radius 1 is 1.17 bits per heavy atom. The Morgan fingerprint density at radius 3 is 2.67 bits per heavy atom. The third-order valence-corrected chi connectivity index (χ3v) is 4.66.